The molecule has 1 aliphatic carbocycles. The number of ether oxygens (including phenoxy) is 1. The van der Waals surface area contributed by atoms with E-state index in [0.717, 1.165) is 18.9 Å². The van der Waals surface area contributed by atoms with Crippen LogP contribution in [0.15, 0.2) is 41.3 Å². The van der Waals surface area contributed by atoms with Gasteiger partial charge in [-0.1, -0.05) is 6.07 Å². The van der Waals surface area contributed by atoms with Gasteiger partial charge in [0.1, 0.15) is 11.4 Å². The van der Waals surface area contributed by atoms with E-state index in [1.54, 1.807) is 29.7 Å². The number of carboxylic acids is 1. The molecule has 0 bridgehead atoms. The molecular weight excluding hydrogens is 552 g/mol. The van der Waals surface area contributed by atoms with Crippen molar-refractivity contribution in [1.82, 2.24) is 9.88 Å². The highest BCUT2D eigenvalue weighted by Crippen LogP contribution is 2.39. The van der Waals surface area contributed by atoms with Gasteiger partial charge >= 0.3 is 12.1 Å². The molecule has 42 heavy (non-hydrogen) atoms. The van der Waals surface area contributed by atoms with E-state index < -0.39 is 41.4 Å². The van der Waals surface area contributed by atoms with Crippen molar-refractivity contribution < 1.29 is 33.0 Å². The number of aromatic nitrogens is 1. The number of aromatic carboxylic acids is 1. The molecule has 2 amide bonds. The fourth-order valence-corrected chi connectivity index (χ4v) is 5.77. The summed E-state index contributed by atoms with van der Waals surface area (Å²) >= 11 is 0. The number of nitrogens with one attached hydrogen (secondary N) is 1. The Morgan fingerprint density at radius 3 is 2.26 bits per heavy atom. The Kier molecular flexibility index (Phi) is 6.74. The van der Waals surface area contributed by atoms with Crippen molar-refractivity contribution in [3.63, 3.8) is 0 Å². The van der Waals surface area contributed by atoms with Crippen LogP contribution in [0.5, 0.6) is 0 Å². The van der Waals surface area contributed by atoms with Crippen LogP contribution in [0.4, 0.5) is 30.6 Å². The normalized spacial score (nSPS) is 20.7. The average molecular weight is 582 g/mol. The average Bonchev–Trinajstić information content (AvgIpc) is 3.75. The van der Waals surface area contributed by atoms with Gasteiger partial charge in [-0.25, -0.2) is 18.4 Å². The number of nitrogens with zero attached hydrogens (tertiary/aromatic N) is 4. The molecule has 2 atom stereocenters. The Morgan fingerprint density at radius 2 is 1.64 bits per heavy atom. The lowest BCUT2D eigenvalue weighted by Crippen LogP contribution is -2.47. The van der Waals surface area contributed by atoms with Crippen LogP contribution in [-0.2, 0) is 9.53 Å². The van der Waals surface area contributed by atoms with Crippen LogP contribution in [0.1, 0.15) is 43.1 Å². The number of rotatable bonds is 6. The minimum absolute atomic E-state index is 0.0241. The van der Waals surface area contributed by atoms with E-state index in [1.807, 2.05) is 9.80 Å². The number of anilines is 3. The molecular formula is C29H29F2N5O6. The Hall–Kier alpha value is -4.68. The largest absolute Gasteiger partial charge is 0.477 e. The van der Waals surface area contributed by atoms with E-state index in [2.05, 4.69) is 5.32 Å². The molecule has 220 valence electrons. The molecule has 1 unspecified atom stereocenters. The van der Waals surface area contributed by atoms with Crippen LogP contribution >= 0.6 is 0 Å². The van der Waals surface area contributed by atoms with Crippen molar-refractivity contribution in [2.24, 2.45) is 0 Å². The summed E-state index contributed by atoms with van der Waals surface area (Å²) < 4.78 is 38.2. The maximum Gasteiger partial charge on any atom is 0.416 e. The third-order valence-corrected chi connectivity index (χ3v) is 8.07. The summed E-state index contributed by atoms with van der Waals surface area (Å²) in [4.78, 5) is 53.3. The molecule has 3 aliphatic rings. The summed E-state index contributed by atoms with van der Waals surface area (Å²) in [6, 6.07) is 6.84. The first-order valence-electron chi connectivity index (χ1n) is 13.7. The van der Waals surface area contributed by atoms with E-state index in [9.17, 15) is 24.3 Å². The van der Waals surface area contributed by atoms with Crippen LogP contribution in [-0.4, -0.2) is 66.1 Å². The SMILES string of the molecule is CC(=O)N[C@H]1OC(=O)N(c2cccc(N3CCN(c4cc5c(cc4F)c(=O)c(C(=O)O)cn5C4CC4)CC3)c2F)C1C. The van der Waals surface area contributed by atoms with Crippen molar-refractivity contribution in [2.75, 3.05) is 40.9 Å². The topological polar surface area (TPSA) is 124 Å². The number of hydrogen-bond acceptors (Lipinski definition) is 7. The Labute approximate surface area is 238 Å². The van der Waals surface area contributed by atoms with Gasteiger partial charge in [0.15, 0.2) is 12.0 Å². The van der Waals surface area contributed by atoms with E-state index >= 15 is 8.78 Å². The minimum Gasteiger partial charge on any atom is -0.477 e. The lowest BCUT2D eigenvalue weighted by molar-refractivity contribution is -0.121. The zero-order chi connectivity index (χ0) is 29.9. The molecule has 3 aromatic rings. The fraction of sp³-hybridized carbons (Fsp3) is 0.379. The van der Waals surface area contributed by atoms with E-state index in [-0.39, 0.29) is 40.0 Å². The predicted molar refractivity (Wildman–Crippen MR) is 150 cm³/mol. The van der Waals surface area contributed by atoms with Crippen molar-refractivity contribution >= 4 is 45.9 Å². The summed E-state index contributed by atoms with van der Waals surface area (Å²) in [5, 5.41) is 12.0. The number of carbonyl (C=O) groups excluding carboxylic acids is 2. The monoisotopic (exact) mass is 581 g/mol. The Bertz CT molecular complexity index is 1680. The number of carbonyl (C=O) groups is 3. The molecule has 2 N–H and O–H groups in total. The van der Waals surface area contributed by atoms with Crippen LogP contribution in [0.3, 0.4) is 0 Å². The van der Waals surface area contributed by atoms with Crippen molar-refractivity contribution in [1.29, 1.82) is 0 Å². The van der Waals surface area contributed by atoms with Gasteiger partial charge in [-0.05, 0) is 44.0 Å². The number of amides is 2. The van der Waals surface area contributed by atoms with Gasteiger partial charge in [0, 0.05) is 50.7 Å². The van der Waals surface area contributed by atoms with Crippen molar-refractivity contribution in [3.05, 3.63) is 63.9 Å². The van der Waals surface area contributed by atoms with Gasteiger partial charge in [0.05, 0.1) is 28.6 Å². The number of pyridine rings is 1. The highest BCUT2D eigenvalue weighted by atomic mass is 19.1. The third-order valence-electron chi connectivity index (χ3n) is 8.07. The second kappa shape index (κ2) is 10.3. The standard InChI is InChI=1S/C29H29F2N5O6/c1-15-27(32-16(2)37)42-29(41)36(15)22-5-3-4-21(25(22)31)33-8-10-34(11-9-33)24-13-23-18(12-20(24)30)26(38)19(28(39)40)14-35(23)17-6-7-17/h3-5,12-15,17,27H,6-11H2,1-2H3,(H,32,37)(H,39,40)/t15?,27-/m0/s1. The fourth-order valence-electron chi connectivity index (χ4n) is 5.77. The number of benzene rings is 2. The molecule has 2 aromatic carbocycles. The molecule has 3 fully saturated rings. The first-order chi connectivity index (χ1) is 20.0. The van der Waals surface area contributed by atoms with Crippen LogP contribution in [0.25, 0.3) is 10.9 Å². The first kappa shape index (κ1) is 27.5. The van der Waals surface area contributed by atoms with E-state index in [1.165, 1.54) is 24.1 Å². The molecule has 1 aromatic heterocycles. The number of halogens is 2. The van der Waals surface area contributed by atoms with Crippen molar-refractivity contribution in [2.45, 2.75) is 45.0 Å². The second-order valence-corrected chi connectivity index (χ2v) is 10.8. The first-order valence-corrected chi connectivity index (χ1v) is 13.7. The Morgan fingerprint density at radius 1 is 1.00 bits per heavy atom. The second-order valence-electron chi connectivity index (χ2n) is 10.8. The number of piperazine rings is 1. The molecule has 0 spiro atoms. The van der Waals surface area contributed by atoms with Gasteiger partial charge < -0.3 is 29.5 Å². The highest BCUT2D eigenvalue weighted by Gasteiger charge is 2.42. The summed E-state index contributed by atoms with van der Waals surface area (Å²) in [5.41, 5.74) is -0.0426. The van der Waals surface area contributed by atoms with E-state index in [0.29, 0.717) is 31.7 Å². The zero-order valence-corrected chi connectivity index (χ0v) is 23.0. The molecule has 0 radical (unpaired) electrons. The van der Waals surface area contributed by atoms with Gasteiger partial charge in [0.25, 0.3) is 0 Å². The molecule has 2 aliphatic heterocycles. The van der Waals surface area contributed by atoms with Gasteiger partial charge in [-0.2, -0.15) is 0 Å². The maximum absolute atomic E-state index is 15.8. The number of carboxylic acid groups (broad SMARTS) is 1. The summed E-state index contributed by atoms with van der Waals surface area (Å²) in [5.74, 6) is -2.98. The van der Waals surface area contributed by atoms with Gasteiger partial charge in [0.2, 0.25) is 11.3 Å². The van der Waals surface area contributed by atoms with Crippen LogP contribution < -0.4 is 25.4 Å². The zero-order valence-electron chi connectivity index (χ0n) is 23.0. The van der Waals surface area contributed by atoms with Gasteiger partial charge in [-0.15, -0.1) is 0 Å². The molecule has 2 saturated heterocycles. The highest BCUT2D eigenvalue weighted by molar-refractivity contribution is 5.94. The number of hydrogen-bond donors (Lipinski definition) is 2. The predicted octanol–water partition coefficient (Wildman–Crippen LogP) is 3.45. The van der Waals surface area contributed by atoms with Crippen LogP contribution in [0.2, 0.25) is 0 Å². The minimum atomic E-state index is -1.35. The van der Waals surface area contributed by atoms with Crippen molar-refractivity contribution in [3.8, 4) is 0 Å². The quantitative estimate of drug-likeness (QED) is 0.454. The summed E-state index contributed by atoms with van der Waals surface area (Å²) in [6.45, 7) is 4.34. The lowest BCUT2D eigenvalue weighted by atomic mass is 10.1. The molecule has 11 nitrogen and oxygen atoms in total. The molecule has 6 rings (SSSR count). The number of fused-ring (bicyclic) bond motifs is 1. The molecule has 1 saturated carbocycles. The maximum atomic E-state index is 15.8. The third kappa shape index (κ3) is 4.68. The summed E-state index contributed by atoms with van der Waals surface area (Å²) in [6.07, 6.45) is 1.35. The smallest absolute Gasteiger partial charge is 0.416 e. The van der Waals surface area contributed by atoms with Gasteiger partial charge in [-0.3, -0.25) is 14.5 Å². The van der Waals surface area contributed by atoms with E-state index in [4.69, 9.17) is 4.74 Å². The number of cyclic esters (lactones) is 1. The Balaban J connectivity index is 1.24. The summed E-state index contributed by atoms with van der Waals surface area (Å²) in [7, 11) is 0. The lowest BCUT2D eigenvalue weighted by Gasteiger charge is -2.38. The molecule has 3 heterocycles. The van der Waals surface area contributed by atoms with Crippen LogP contribution in [0, 0.1) is 11.6 Å². The molecule has 13 heteroatoms.